The Labute approximate surface area is 133 Å². The van der Waals surface area contributed by atoms with Gasteiger partial charge in [-0.1, -0.05) is 51.1 Å². The van der Waals surface area contributed by atoms with Crippen LogP contribution in [0, 0.1) is 5.92 Å². The molecule has 1 aromatic heterocycles. The fourth-order valence-corrected chi connectivity index (χ4v) is 3.57. The van der Waals surface area contributed by atoms with Crippen LogP contribution >= 0.6 is 11.3 Å². The smallest absolute Gasteiger partial charge is 0.0116 e. The normalized spacial score (nSPS) is 14.3. The molecule has 1 heterocycles. The Hall–Kier alpha value is -1.12. The van der Waals surface area contributed by atoms with E-state index in [9.17, 15) is 0 Å². The lowest BCUT2D eigenvalue weighted by Gasteiger charge is -2.34. The maximum absolute atomic E-state index is 3.69. The fourth-order valence-electron chi connectivity index (χ4n) is 2.90. The first-order valence-corrected chi connectivity index (χ1v) is 8.88. The van der Waals surface area contributed by atoms with Crippen LogP contribution in [-0.4, -0.2) is 13.1 Å². The third-order valence-electron chi connectivity index (χ3n) is 4.20. The van der Waals surface area contributed by atoms with Gasteiger partial charge in [-0.15, -0.1) is 0 Å². The standard InChI is InChI=1S/C19H27NS/c1-4-19(15-20-13-16(2)3,12-17-10-11-21-14-17)18-8-6-5-7-9-18/h5-11,14,16,20H,4,12-13,15H2,1-3H3. The number of rotatable bonds is 8. The van der Waals surface area contributed by atoms with E-state index in [0.29, 0.717) is 5.92 Å². The molecule has 1 N–H and O–H groups in total. The second kappa shape index (κ2) is 7.77. The van der Waals surface area contributed by atoms with Gasteiger partial charge in [0.25, 0.3) is 0 Å². The summed E-state index contributed by atoms with van der Waals surface area (Å²) < 4.78 is 0. The van der Waals surface area contributed by atoms with Crippen molar-refractivity contribution in [1.29, 1.82) is 0 Å². The highest BCUT2D eigenvalue weighted by Crippen LogP contribution is 2.32. The SMILES string of the molecule is CCC(CNCC(C)C)(Cc1ccsc1)c1ccccc1. The fraction of sp³-hybridized carbons (Fsp3) is 0.474. The molecule has 0 aliphatic rings. The summed E-state index contributed by atoms with van der Waals surface area (Å²) >= 11 is 1.79. The van der Waals surface area contributed by atoms with Crippen molar-refractivity contribution >= 4 is 11.3 Å². The molecule has 0 saturated heterocycles. The van der Waals surface area contributed by atoms with Gasteiger partial charge in [-0.3, -0.25) is 0 Å². The Balaban J connectivity index is 2.22. The molecule has 21 heavy (non-hydrogen) atoms. The molecule has 1 aromatic carbocycles. The van der Waals surface area contributed by atoms with Crippen molar-refractivity contribution in [2.45, 2.75) is 39.0 Å². The topological polar surface area (TPSA) is 12.0 Å². The summed E-state index contributed by atoms with van der Waals surface area (Å²) in [6.07, 6.45) is 2.26. The Kier molecular flexibility index (Phi) is 6.01. The first-order chi connectivity index (χ1) is 10.2. The number of hydrogen-bond acceptors (Lipinski definition) is 2. The van der Waals surface area contributed by atoms with Gasteiger partial charge in [0.1, 0.15) is 0 Å². The van der Waals surface area contributed by atoms with E-state index in [2.05, 4.69) is 73.2 Å². The van der Waals surface area contributed by atoms with Crippen LogP contribution in [0.5, 0.6) is 0 Å². The average Bonchev–Trinajstić information content (AvgIpc) is 2.99. The predicted molar refractivity (Wildman–Crippen MR) is 94.1 cm³/mol. The minimum Gasteiger partial charge on any atom is -0.316 e. The molecule has 0 bridgehead atoms. The van der Waals surface area contributed by atoms with Crippen LogP contribution < -0.4 is 5.32 Å². The van der Waals surface area contributed by atoms with Crippen molar-refractivity contribution in [3.05, 3.63) is 58.3 Å². The second-order valence-electron chi connectivity index (χ2n) is 6.33. The second-order valence-corrected chi connectivity index (χ2v) is 7.11. The molecule has 2 heteroatoms. The molecule has 0 aliphatic heterocycles. The Bertz CT molecular complexity index is 504. The molecule has 0 spiro atoms. The van der Waals surface area contributed by atoms with Crippen LogP contribution in [0.4, 0.5) is 0 Å². The van der Waals surface area contributed by atoms with Gasteiger partial charge in [0.2, 0.25) is 0 Å². The maximum atomic E-state index is 3.69. The quantitative estimate of drug-likeness (QED) is 0.732. The molecule has 0 amide bonds. The summed E-state index contributed by atoms with van der Waals surface area (Å²) in [5.74, 6) is 0.691. The van der Waals surface area contributed by atoms with E-state index in [-0.39, 0.29) is 5.41 Å². The van der Waals surface area contributed by atoms with E-state index >= 15 is 0 Å². The van der Waals surface area contributed by atoms with Crippen molar-refractivity contribution in [3.8, 4) is 0 Å². The van der Waals surface area contributed by atoms with E-state index in [4.69, 9.17) is 0 Å². The number of benzene rings is 1. The lowest BCUT2D eigenvalue weighted by molar-refractivity contribution is 0.367. The minimum atomic E-state index is 0.192. The molecule has 1 atom stereocenters. The average molecular weight is 301 g/mol. The molecule has 0 radical (unpaired) electrons. The predicted octanol–water partition coefficient (Wildman–Crippen LogP) is 4.88. The lowest BCUT2D eigenvalue weighted by Crippen LogP contribution is -2.40. The van der Waals surface area contributed by atoms with Crippen molar-refractivity contribution in [3.63, 3.8) is 0 Å². The third kappa shape index (κ3) is 4.42. The molecule has 0 fully saturated rings. The molecule has 114 valence electrons. The number of thiophene rings is 1. The molecule has 0 aliphatic carbocycles. The number of nitrogens with one attached hydrogen (secondary N) is 1. The lowest BCUT2D eigenvalue weighted by atomic mass is 9.73. The molecule has 1 unspecified atom stereocenters. The van der Waals surface area contributed by atoms with Crippen LogP contribution in [0.3, 0.4) is 0 Å². The van der Waals surface area contributed by atoms with E-state index < -0.39 is 0 Å². The summed E-state index contributed by atoms with van der Waals surface area (Å²) in [5.41, 5.74) is 3.10. The summed E-state index contributed by atoms with van der Waals surface area (Å²) in [5, 5.41) is 8.16. The van der Waals surface area contributed by atoms with Crippen LogP contribution in [0.25, 0.3) is 0 Å². The van der Waals surface area contributed by atoms with Gasteiger partial charge in [-0.05, 0) is 53.3 Å². The highest BCUT2D eigenvalue weighted by molar-refractivity contribution is 7.07. The van der Waals surface area contributed by atoms with E-state index in [0.717, 1.165) is 25.9 Å². The molecule has 2 aromatic rings. The van der Waals surface area contributed by atoms with Gasteiger partial charge in [0, 0.05) is 12.0 Å². The summed E-state index contributed by atoms with van der Waals surface area (Å²) in [7, 11) is 0. The van der Waals surface area contributed by atoms with Gasteiger partial charge in [0.05, 0.1) is 0 Å². The van der Waals surface area contributed by atoms with Crippen LogP contribution in [-0.2, 0) is 11.8 Å². The van der Waals surface area contributed by atoms with Gasteiger partial charge < -0.3 is 5.32 Å². The maximum Gasteiger partial charge on any atom is 0.0116 e. The van der Waals surface area contributed by atoms with Crippen molar-refractivity contribution < 1.29 is 0 Å². The van der Waals surface area contributed by atoms with Gasteiger partial charge >= 0.3 is 0 Å². The highest BCUT2D eigenvalue weighted by Gasteiger charge is 2.30. The van der Waals surface area contributed by atoms with Crippen LogP contribution in [0.2, 0.25) is 0 Å². The van der Waals surface area contributed by atoms with E-state index in [1.807, 2.05) is 0 Å². The van der Waals surface area contributed by atoms with Gasteiger partial charge in [0.15, 0.2) is 0 Å². The Morgan fingerprint density at radius 1 is 1.14 bits per heavy atom. The highest BCUT2D eigenvalue weighted by atomic mass is 32.1. The first-order valence-electron chi connectivity index (χ1n) is 7.93. The zero-order valence-electron chi connectivity index (χ0n) is 13.4. The third-order valence-corrected chi connectivity index (χ3v) is 4.93. The van der Waals surface area contributed by atoms with Crippen LogP contribution in [0.1, 0.15) is 38.3 Å². The number of hydrogen-bond donors (Lipinski definition) is 1. The summed E-state index contributed by atoms with van der Waals surface area (Å²) in [6, 6.07) is 13.3. The zero-order chi connectivity index (χ0) is 15.1. The van der Waals surface area contributed by atoms with Crippen molar-refractivity contribution in [2.75, 3.05) is 13.1 Å². The van der Waals surface area contributed by atoms with Gasteiger partial charge in [-0.25, -0.2) is 0 Å². The monoisotopic (exact) mass is 301 g/mol. The molecular weight excluding hydrogens is 274 g/mol. The van der Waals surface area contributed by atoms with Gasteiger partial charge in [-0.2, -0.15) is 11.3 Å². The molecular formula is C19H27NS. The largest absolute Gasteiger partial charge is 0.316 e. The molecule has 2 rings (SSSR count). The molecule has 1 nitrogen and oxygen atoms in total. The Morgan fingerprint density at radius 3 is 2.48 bits per heavy atom. The first kappa shape index (κ1) is 16.3. The summed E-state index contributed by atoms with van der Waals surface area (Å²) in [4.78, 5) is 0. The zero-order valence-corrected chi connectivity index (χ0v) is 14.2. The van der Waals surface area contributed by atoms with Crippen molar-refractivity contribution in [2.24, 2.45) is 5.92 Å². The van der Waals surface area contributed by atoms with Crippen molar-refractivity contribution in [1.82, 2.24) is 5.32 Å². The minimum absolute atomic E-state index is 0.192. The Morgan fingerprint density at radius 2 is 1.90 bits per heavy atom. The van der Waals surface area contributed by atoms with E-state index in [1.54, 1.807) is 11.3 Å². The summed E-state index contributed by atoms with van der Waals surface area (Å²) in [6.45, 7) is 8.97. The molecule has 0 saturated carbocycles. The van der Waals surface area contributed by atoms with E-state index in [1.165, 1.54) is 11.1 Å². The van der Waals surface area contributed by atoms with Crippen LogP contribution in [0.15, 0.2) is 47.2 Å².